The summed E-state index contributed by atoms with van der Waals surface area (Å²) in [6.07, 6.45) is 6.82. The van der Waals surface area contributed by atoms with E-state index in [9.17, 15) is 4.79 Å². The molecule has 8 heteroatoms. The fourth-order valence-corrected chi connectivity index (χ4v) is 2.67. The van der Waals surface area contributed by atoms with Crippen molar-refractivity contribution in [2.24, 2.45) is 5.73 Å². The Bertz CT molecular complexity index is 688. The maximum absolute atomic E-state index is 12.1. The molecule has 1 amide bonds. The van der Waals surface area contributed by atoms with Crippen LogP contribution in [0.15, 0.2) is 43.0 Å². The van der Waals surface area contributed by atoms with E-state index in [1.54, 1.807) is 17.8 Å². The number of hydrogen-bond acceptors (Lipinski definition) is 3. The van der Waals surface area contributed by atoms with Crippen LogP contribution in [-0.2, 0) is 11.2 Å². The van der Waals surface area contributed by atoms with Gasteiger partial charge >= 0.3 is 5.91 Å². The molecule has 7 N–H and O–H groups in total. The van der Waals surface area contributed by atoms with Crippen LogP contribution in [0.25, 0.3) is 5.57 Å². The van der Waals surface area contributed by atoms with Crippen molar-refractivity contribution >= 4 is 17.2 Å². The molecule has 1 atom stereocenters. The Kier molecular flexibility index (Phi) is 8.10. The molecule has 0 spiro atoms. The van der Waals surface area contributed by atoms with E-state index in [0.717, 1.165) is 17.7 Å². The molecule has 0 fully saturated rings. The summed E-state index contributed by atoms with van der Waals surface area (Å²) in [4.78, 5) is 19.1. The molecule has 1 aliphatic rings. The third-order valence-electron chi connectivity index (χ3n) is 3.89. The van der Waals surface area contributed by atoms with Crippen molar-refractivity contribution in [2.45, 2.75) is 18.9 Å². The number of quaternary nitrogens is 2. The number of amides is 1. The maximum atomic E-state index is 12.1. The number of para-hydroxylation sites is 1. The van der Waals surface area contributed by atoms with Crippen LogP contribution < -0.4 is 41.2 Å². The predicted octanol–water partition coefficient (Wildman–Crippen LogP) is -6.98. The van der Waals surface area contributed by atoms with Crippen molar-refractivity contribution < 1.29 is 40.2 Å². The van der Waals surface area contributed by atoms with E-state index in [-0.39, 0.29) is 30.7 Å². The number of carbonyl (C=O) groups is 1. The zero-order valence-electron chi connectivity index (χ0n) is 13.1. The van der Waals surface area contributed by atoms with E-state index in [1.807, 2.05) is 12.1 Å². The average molecular weight is 370 g/mol. The van der Waals surface area contributed by atoms with Crippen LogP contribution >= 0.6 is 0 Å². The Labute approximate surface area is 153 Å². The zero-order valence-corrected chi connectivity index (χ0v) is 14.6. The number of halogens is 2. The number of aromatic nitrogens is 2. The number of nitrogens with one attached hydrogen (secondary N) is 1. The number of rotatable bonds is 6. The molecule has 2 heterocycles. The van der Waals surface area contributed by atoms with E-state index in [0.29, 0.717) is 13.0 Å². The highest BCUT2D eigenvalue weighted by molar-refractivity contribution is 5.80. The lowest BCUT2D eigenvalue weighted by Crippen LogP contribution is -3.00. The van der Waals surface area contributed by atoms with E-state index < -0.39 is 6.04 Å². The summed E-state index contributed by atoms with van der Waals surface area (Å²) in [5.74, 6) is 0.00444. The second-order valence-corrected chi connectivity index (χ2v) is 5.48. The van der Waals surface area contributed by atoms with Gasteiger partial charge in [-0.2, -0.15) is 0 Å². The summed E-state index contributed by atoms with van der Waals surface area (Å²) in [5.41, 5.74) is 10.6. The summed E-state index contributed by atoms with van der Waals surface area (Å²) in [6.45, 7) is 0.677. The summed E-state index contributed by atoms with van der Waals surface area (Å²) in [7, 11) is 0. The molecule has 3 rings (SSSR count). The summed E-state index contributed by atoms with van der Waals surface area (Å²) in [5, 5.41) is 3.76. The maximum Gasteiger partial charge on any atom is 0.327 e. The van der Waals surface area contributed by atoms with Gasteiger partial charge in [-0.05, 0) is 6.07 Å². The first-order valence-electron chi connectivity index (χ1n) is 7.47. The predicted molar refractivity (Wildman–Crippen MR) is 82.7 cm³/mol. The van der Waals surface area contributed by atoms with Gasteiger partial charge in [0, 0.05) is 41.9 Å². The molecule has 0 saturated carbocycles. The molecule has 1 aliphatic heterocycles. The first kappa shape index (κ1) is 20.3. The molecule has 24 heavy (non-hydrogen) atoms. The van der Waals surface area contributed by atoms with Gasteiger partial charge in [-0.25, -0.2) is 9.78 Å². The lowest BCUT2D eigenvalue weighted by atomic mass is 10.00. The van der Waals surface area contributed by atoms with Gasteiger partial charge in [0.25, 0.3) is 0 Å². The largest absolute Gasteiger partial charge is 1.00 e. The van der Waals surface area contributed by atoms with E-state index >= 15 is 0 Å². The van der Waals surface area contributed by atoms with E-state index in [1.165, 1.54) is 11.3 Å². The molecular formula is C16H21Cl2N5O. The van der Waals surface area contributed by atoms with E-state index in [2.05, 4.69) is 33.6 Å². The number of hydrogen-bond donors (Lipinski definition) is 4. The Morgan fingerprint density at radius 3 is 2.88 bits per heavy atom. The van der Waals surface area contributed by atoms with Gasteiger partial charge in [0.05, 0.1) is 12.9 Å². The normalized spacial score (nSPS) is 13.3. The van der Waals surface area contributed by atoms with Crippen LogP contribution in [-0.4, -0.2) is 28.5 Å². The first-order valence-corrected chi connectivity index (χ1v) is 7.47. The Morgan fingerprint density at radius 1 is 1.33 bits per heavy atom. The Morgan fingerprint density at radius 2 is 2.12 bits per heavy atom. The van der Waals surface area contributed by atoms with Crippen LogP contribution in [0, 0.1) is 0 Å². The molecule has 0 aliphatic carbocycles. The topological polar surface area (TPSA) is 105 Å². The molecular weight excluding hydrogens is 349 g/mol. The summed E-state index contributed by atoms with van der Waals surface area (Å²) >= 11 is 0. The SMILES string of the molecule is N[C@H](CC1=C[NH2+]c2ccccc21)C(=O)[NH2+]CCc1cnc[nH]1.[Cl-].[Cl-]. The van der Waals surface area contributed by atoms with Gasteiger partial charge in [0.15, 0.2) is 0 Å². The number of carbonyl (C=O) groups excluding carboxylic acids is 1. The Balaban J connectivity index is 0.00000144. The lowest BCUT2D eigenvalue weighted by molar-refractivity contribution is -0.569. The highest BCUT2D eigenvalue weighted by Crippen LogP contribution is 2.26. The molecule has 0 bridgehead atoms. The third kappa shape index (κ3) is 4.90. The van der Waals surface area contributed by atoms with Crippen molar-refractivity contribution in [1.29, 1.82) is 0 Å². The Hall–Kier alpha value is -1.70. The molecule has 1 aromatic heterocycles. The first-order chi connectivity index (χ1) is 10.7. The number of benzene rings is 1. The average Bonchev–Trinajstić information content (AvgIpc) is 3.17. The quantitative estimate of drug-likeness (QED) is 0.380. The molecule has 0 radical (unpaired) electrons. The van der Waals surface area contributed by atoms with Crippen molar-refractivity contribution in [1.82, 2.24) is 9.97 Å². The second kappa shape index (κ2) is 9.56. The van der Waals surface area contributed by atoms with E-state index in [4.69, 9.17) is 5.73 Å². The minimum absolute atomic E-state index is 0. The highest BCUT2D eigenvalue weighted by atomic mass is 35.5. The number of H-pyrrole nitrogens is 1. The highest BCUT2D eigenvalue weighted by Gasteiger charge is 2.24. The number of nitrogens with zero attached hydrogens (tertiary/aromatic N) is 1. The van der Waals surface area contributed by atoms with Crippen molar-refractivity contribution in [3.05, 3.63) is 54.2 Å². The molecule has 1 aromatic carbocycles. The fraction of sp³-hybridized carbons (Fsp3) is 0.250. The van der Waals surface area contributed by atoms with Gasteiger partial charge in [-0.15, -0.1) is 0 Å². The number of primary amides is 1. The standard InChI is InChI=1S/C16H19N5O.2ClH/c17-14(16(22)19-6-5-12-9-18-10-21-12)7-11-8-20-15-4-2-1-3-13(11)15;;/h1-4,8-10,14,20H,5-7,17H2,(H,18,21)(H,19,22);2*1H/t14-;;/m1../s1. The van der Waals surface area contributed by atoms with Crippen molar-refractivity contribution in [2.75, 3.05) is 6.54 Å². The third-order valence-corrected chi connectivity index (χ3v) is 3.89. The van der Waals surface area contributed by atoms with Crippen LogP contribution in [0.1, 0.15) is 17.7 Å². The fourth-order valence-electron chi connectivity index (χ4n) is 2.67. The molecule has 0 unspecified atom stereocenters. The van der Waals surface area contributed by atoms with Crippen molar-refractivity contribution in [3.63, 3.8) is 0 Å². The van der Waals surface area contributed by atoms with Gasteiger partial charge in [0.1, 0.15) is 17.9 Å². The van der Waals surface area contributed by atoms with Crippen LogP contribution in [0.2, 0.25) is 0 Å². The zero-order chi connectivity index (χ0) is 15.4. The molecule has 2 aromatic rings. The van der Waals surface area contributed by atoms with Gasteiger partial charge < -0.3 is 35.5 Å². The minimum atomic E-state index is -0.479. The molecule has 0 saturated heterocycles. The number of nitrogens with two attached hydrogens (primary N) is 3. The second-order valence-electron chi connectivity index (χ2n) is 5.48. The van der Waals surface area contributed by atoms with Gasteiger partial charge in [-0.3, -0.25) is 10.6 Å². The summed E-state index contributed by atoms with van der Waals surface area (Å²) in [6, 6.07) is 7.69. The van der Waals surface area contributed by atoms with Crippen LogP contribution in [0.5, 0.6) is 0 Å². The number of fused-ring (bicyclic) bond motifs is 1. The van der Waals surface area contributed by atoms with Crippen molar-refractivity contribution in [3.8, 4) is 0 Å². The van der Waals surface area contributed by atoms with Gasteiger partial charge in [0.2, 0.25) is 0 Å². The number of aromatic amines is 1. The van der Waals surface area contributed by atoms with Crippen LogP contribution in [0.3, 0.4) is 0 Å². The molecule has 6 nitrogen and oxygen atoms in total. The molecule has 130 valence electrons. The monoisotopic (exact) mass is 369 g/mol. The smallest absolute Gasteiger partial charge is 0.327 e. The minimum Gasteiger partial charge on any atom is -1.00 e. The van der Waals surface area contributed by atoms with Gasteiger partial charge in [-0.1, -0.05) is 12.1 Å². The lowest BCUT2D eigenvalue weighted by Gasteiger charge is -2.08. The van der Waals surface area contributed by atoms with Crippen LogP contribution in [0.4, 0.5) is 5.69 Å². The number of imidazole rings is 1. The summed E-state index contributed by atoms with van der Waals surface area (Å²) < 4.78 is 0.